The molecule has 1 aliphatic rings. The lowest BCUT2D eigenvalue weighted by molar-refractivity contribution is -0.0233. The van der Waals surface area contributed by atoms with Gasteiger partial charge in [0.05, 0.1) is 10.9 Å². The monoisotopic (exact) mass is 316 g/mol. The van der Waals surface area contributed by atoms with Gasteiger partial charge in [0, 0.05) is 36.5 Å². The predicted molar refractivity (Wildman–Crippen MR) is 86.7 cm³/mol. The minimum absolute atomic E-state index is 0.254. The molecule has 20 heavy (non-hydrogen) atoms. The Morgan fingerprint density at radius 3 is 2.95 bits per heavy atom. The first-order chi connectivity index (χ1) is 9.63. The molecule has 1 aliphatic heterocycles. The molecule has 1 saturated heterocycles. The Labute approximate surface area is 131 Å². The molecule has 0 amide bonds. The third-order valence-corrected chi connectivity index (χ3v) is 5.03. The predicted octanol–water partition coefficient (Wildman–Crippen LogP) is 3.24. The zero-order chi connectivity index (χ0) is 14.4. The lowest BCUT2D eigenvalue weighted by Crippen LogP contribution is -2.48. The first-order valence-corrected chi connectivity index (χ1v) is 8.54. The van der Waals surface area contributed by atoms with Crippen molar-refractivity contribution in [2.24, 2.45) is 5.41 Å². The fourth-order valence-electron chi connectivity index (χ4n) is 2.95. The molecule has 2 rings (SSSR count). The number of ether oxygens (including phenoxy) is 1. The zero-order valence-electron chi connectivity index (χ0n) is 12.5. The summed E-state index contributed by atoms with van der Waals surface area (Å²) in [6.07, 6.45) is 2.42. The van der Waals surface area contributed by atoms with E-state index < -0.39 is 0 Å². The highest BCUT2D eigenvalue weighted by Gasteiger charge is 2.33. The number of nitrogens with zero attached hydrogens (tertiary/aromatic N) is 1. The molecule has 1 fully saturated rings. The third kappa shape index (κ3) is 4.71. The average molecular weight is 317 g/mol. The fourth-order valence-corrected chi connectivity index (χ4v) is 4.12. The number of hydrogen-bond acceptors (Lipinski definition) is 4. The van der Waals surface area contributed by atoms with Crippen molar-refractivity contribution < 1.29 is 4.74 Å². The Balaban J connectivity index is 1.92. The number of thiophene rings is 1. The van der Waals surface area contributed by atoms with E-state index >= 15 is 0 Å². The summed E-state index contributed by atoms with van der Waals surface area (Å²) < 4.78 is 6.62. The summed E-state index contributed by atoms with van der Waals surface area (Å²) in [6.45, 7) is 8.04. The molecule has 0 spiro atoms. The summed E-state index contributed by atoms with van der Waals surface area (Å²) in [5, 5.41) is 3.51. The van der Waals surface area contributed by atoms with Gasteiger partial charge in [-0.25, -0.2) is 0 Å². The van der Waals surface area contributed by atoms with Crippen molar-refractivity contribution >= 4 is 22.9 Å². The van der Waals surface area contributed by atoms with Crippen molar-refractivity contribution in [2.45, 2.75) is 26.3 Å². The highest BCUT2D eigenvalue weighted by atomic mass is 35.5. The summed E-state index contributed by atoms with van der Waals surface area (Å²) >= 11 is 7.67. The highest BCUT2D eigenvalue weighted by molar-refractivity contribution is 7.16. The van der Waals surface area contributed by atoms with Crippen molar-refractivity contribution in [3.63, 3.8) is 0 Å². The first-order valence-electron chi connectivity index (χ1n) is 7.35. The highest BCUT2D eigenvalue weighted by Crippen LogP contribution is 2.30. The molecule has 1 atom stereocenters. The van der Waals surface area contributed by atoms with Crippen molar-refractivity contribution in [3.8, 4) is 0 Å². The van der Waals surface area contributed by atoms with E-state index in [9.17, 15) is 0 Å². The first kappa shape index (κ1) is 16.2. The van der Waals surface area contributed by atoms with Crippen LogP contribution in [-0.2, 0) is 11.3 Å². The van der Waals surface area contributed by atoms with Crippen LogP contribution >= 0.6 is 22.9 Å². The minimum Gasteiger partial charge on any atom is -0.381 e. The standard InChI is InChI=1S/C15H25ClN2OS/c1-3-17-10-15(7-4-8-19-12-15)11-18(2)9-13-5-6-14(16)20-13/h5-6,17H,3-4,7-12H2,1-2H3. The SMILES string of the molecule is CCNCC1(CN(C)Cc2ccc(Cl)s2)CCCOC1. The Bertz CT molecular complexity index is 404. The molecular formula is C15H25ClN2OS. The topological polar surface area (TPSA) is 24.5 Å². The lowest BCUT2D eigenvalue weighted by atomic mass is 9.81. The van der Waals surface area contributed by atoms with Crippen LogP contribution in [0.3, 0.4) is 0 Å². The van der Waals surface area contributed by atoms with Crippen molar-refractivity contribution in [3.05, 3.63) is 21.3 Å². The molecule has 0 radical (unpaired) electrons. The average Bonchev–Trinajstić information content (AvgIpc) is 2.82. The molecule has 0 saturated carbocycles. The van der Waals surface area contributed by atoms with Crippen molar-refractivity contribution in [1.29, 1.82) is 0 Å². The van der Waals surface area contributed by atoms with E-state index in [0.29, 0.717) is 0 Å². The van der Waals surface area contributed by atoms with Gasteiger partial charge in [-0.2, -0.15) is 0 Å². The van der Waals surface area contributed by atoms with Crippen molar-refractivity contribution in [1.82, 2.24) is 10.2 Å². The number of halogens is 1. The molecule has 3 nitrogen and oxygen atoms in total. The maximum atomic E-state index is 6.00. The van der Waals surface area contributed by atoms with Crippen LogP contribution in [0.5, 0.6) is 0 Å². The van der Waals surface area contributed by atoms with Gasteiger partial charge < -0.3 is 15.0 Å². The summed E-state index contributed by atoms with van der Waals surface area (Å²) in [5.74, 6) is 0. The molecule has 5 heteroatoms. The maximum absolute atomic E-state index is 6.00. The fraction of sp³-hybridized carbons (Fsp3) is 0.733. The Kier molecular flexibility index (Phi) is 6.30. The summed E-state index contributed by atoms with van der Waals surface area (Å²) in [4.78, 5) is 3.72. The molecule has 114 valence electrons. The molecule has 1 unspecified atom stereocenters. The molecule has 0 aliphatic carbocycles. The van der Waals surface area contributed by atoms with Crippen LogP contribution in [0.4, 0.5) is 0 Å². The van der Waals surface area contributed by atoms with Gasteiger partial charge in [0.1, 0.15) is 0 Å². The van der Waals surface area contributed by atoms with Crippen LogP contribution in [0, 0.1) is 5.41 Å². The molecule has 1 N–H and O–H groups in total. The second-order valence-corrected chi connectivity index (χ2v) is 7.61. The van der Waals surface area contributed by atoms with E-state index in [0.717, 1.165) is 43.7 Å². The van der Waals surface area contributed by atoms with E-state index in [1.165, 1.54) is 17.7 Å². The largest absolute Gasteiger partial charge is 0.381 e. The van der Waals surface area contributed by atoms with Crippen LogP contribution in [0.25, 0.3) is 0 Å². The maximum Gasteiger partial charge on any atom is 0.0931 e. The molecule has 2 heterocycles. The van der Waals surface area contributed by atoms with Gasteiger partial charge in [-0.1, -0.05) is 18.5 Å². The van der Waals surface area contributed by atoms with Crippen LogP contribution in [0.1, 0.15) is 24.6 Å². The number of nitrogens with one attached hydrogen (secondary N) is 1. The van der Waals surface area contributed by atoms with Crippen molar-refractivity contribution in [2.75, 3.05) is 39.9 Å². The normalized spacial score (nSPS) is 23.4. The van der Waals surface area contributed by atoms with Crippen LogP contribution < -0.4 is 5.32 Å². The van der Waals surface area contributed by atoms with Gasteiger partial charge in [0.2, 0.25) is 0 Å². The number of rotatable bonds is 7. The second kappa shape index (κ2) is 7.76. The van der Waals surface area contributed by atoms with E-state index in [-0.39, 0.29) is 5.41 Å². The number of hydrogen-bond donors (Lipinski definition) is 1. The Hall–Kier alpha value is -0.130. The van der Waals surface area contributed by atoms with Gasteiger partial charge in [0.15, 0.2) is 0 Å². The second-order valence-electron chi connectivity index (χ2n) is 5.81. The van der Waals surface area contributed by atoms with Gasteiger partial charge in [-0.3, -0.25) is 0 Å². The third-order valence-electron chi connectivity index (χ3n) is 3.81. The van der Waals surface area contributed by atoms with Crippen LogP contribution in [0.2, 0.25) is 4.34 Å². The quantitative estimate of drug-likeness (QED) is 0.836. The Morgan fingerprint density at radius 1 is 1.50 bits per heavy atom. The smallest absolute Gasteiger partial charge is 0.0931 e. The van der Waals surface area contributed by atoms with E-state index in [2.05, 4.69) is 30.3 Å². The summed E-state index contributed by atoms with van der Waals surface area (Å²) in [5.41, 5.74) is 0.254. The van der Waals surface area contributed by atoms with Crippen LogP contribution in [0.15, 0.2) is 12.1 Å². The molecular weight excluding hydrogens is 292 g/mol. The van der Waals surface area contributed by atoms with Gasteiger partial charge in [0.25, 0.3) is 0 Å². The van der Waals surface area contributed by atoms with Crippen LogP contribution in [-0.4, -0.2) is 44.8 Å². The van der Waals surface area contributed by atoms with Gasteiger partial charge in [-0.05, 0) is 38.6 Å². The molecule has 0 bridgehead atoms. The van der Waals surface area contributed by atoms with Gasteiger partial charge >= 0.3 is 0 Å². The molecule has 1 aromatic heterocycles. The summed E-state index contributed by atoms with van der Waals surface area (Å²) in [6, 6.07) is 4.10. The zero-order valence-corrected chi connectivity index (χ0v) is 14.0. The van der Waals surface area contributed by atoms with E-state index in [1.54, 1.807) is 11.3 Å². The van der Waals surface area contributed by atoms with E-state index in [4.69, 9.17) is 16.3 Å². The van der Waals surface area contributed by atoms with E-state index in [1.807, 2.05) is 6.07 Å². The molecule has 1 aromatic rings. The summed E-state index contributed by atoms with van der Waals surface area (Å²) in [7, 11) is 2.19. The minimum atomic E-state index is 0.254. The van der Waals surface area contributed by atoms with Gasteiger partial charge in [-0.15, -0.1) is 11.3 Å². The Morgan fingerprint density at radius 2 is 2.35 bits per heavy atom. The lowest BCUT2D eigenvalue weighted by Gasteiger charge is -2.40. The molecule has 0 aromatic carbocycles.